The maximum Gasteiger partial charge on any atom is 0.272 e. The normalized spacial score (nSPS) is 12.2. The van der Waals surface area contributed by atoms with E-state index in [2.05, 4.69) is 10.0 Å². The Morgan fingerprint density at radius 3 is 2.04 bits per heavy atom. The Kier molecular flexibility index (Phi) is 5.78. The lowest BCUT2D eigenvalue weighted by Gasteiger charge is -2.19. The molecule has 0 aliphatic carbocycles. The number of amides is 1. The van der Waals surface area contributed by atoms with Crippen LogP contribution in [0.5, 0.6) is 0 Å². The molecule has 0 aliphatic rings. The van der Waals surface area contributed by atoms with Gasteiger partial charge in [-0.15, -0.1) is 0 Å². The van der Waals surface area contributed by atoms with Crippen LogP contribution in [-0.2, 0) is 17.1 Å². The summed E-state index contributed by atoms with van der Waals surface area (Å²) in [5, 5.41) is 2.09. The third kappa shape index (κ3) is 4.27. The van der Waals surface area contributed by atoms with Gasteiger partial charge in [0.15, 0.2) is 17.5 Å². The number of benzene rings is 1. The van der Waals surface area contributed by atoms with Crippen LogP contribution in [-0.4, -0.2) is 40.1 Å². The van der Waals surface area contributed by atoms with Crippen LogP contribution in [0.3, 0.4) is 0 Å². The second-order valence-electron chi connectivity index (χ2n) is 7.13. The van der Waals surface area contributed by atoms with Gasteiger partial charge in [0, 0.05) is 24.5 Å². The van der Waals surface area contributed by atoms with E-state index in [1.165, 1.54) is 17.8 Å². The predicted octanol–water partition coefficient (Wildman–Crippen LogP) is 0.359. The molecule has 0 spiro atoms. The highest BCUT2D eigenvalue weighted by molar-refractivity contribution is 7.89. The fourth-order valence-electron chi connectivity index (χ4n) is 2.38. The molecule has 1 heterocycles. The monoisotopic (exact) mass is 409 g/mol. The first-order valence-corrected chi connectivity index (χ1v) is 9.37. The van der Waals surface area contributed by atoms with Crippen LogP contribution in [0.4, 0.5) is 18.9 Å². The number of aryl methyl sites for hydroxylation is 1. The second-order valence-corrected chi connectivity index (χ2v) is 8.81. The first kappa shape index (κ1) is 22.1. The number of sulfonamides is 1. The lowest BCUT2D eigenvalue weighted by atomic mass is 9.83. The topological polar surface area (TPSA) is 80.2 Å². The predicted molar refractivity (Wildman–Crippen MR) is 101 cm³/mol. The molecule has 0 bridgehead atoms. The molecule has 1 aromatic heterocycles. The van der Waals surface area contributed by atoms with Crippen LogP contribution in [0.25, 0.3) is 0 Å². The highest BCUT2D eigenvalue weighted by atomic mass is 32.2. The second kappa shape index (κ2) is 7.32. The lowest BCUT2D eigenvalue weighted by Crippen LogP contribution is -2.40. The van der Waals surface area contributed by atoms with Crippen molar-refractivity contribution in [3.63, 3.8) is 0 Å². The number of nitrogens with zero attached hydrogens (tertiary/aromatic N) is 1. The van der Waals surface area contributed by atoms with Gasteiger partial charge in [0.25, 0.3) is 5.91 Å². The van der Waals surface area contributed by atoms with Crippen molar-refractivity contribution >= 4 is 48.2 Å². The Morgan fingerprint density at radius 2 is 1.57 bits per heavy atom. The van der Waals surface area contributed by atoms with Gasteiger partial charge < -0.3 is 9.88 Å². The molecule has 2 rings (SSSR count). The maximum atomic E-state index is 13.6. The third-order valence-corrected chi connectivity index (χ3v) is 5.32. The molecule has 12 heteroatoms. The van der Waals surface area contributed by atoms with E-state index in [1.54, 1.807) is 20.8 Å². The molecule has 0 saturated heterocycles. The minimum atomic E-state index is -3.93. The average molecular weight is 409 g/mol. The summed E-state index contributed by atoms with van der Waals surface area (Å²) in [5.41, 5.74) is -3.36. The molecule has 28 heavy (non-hydrogen) atoms. The van der Waals surface area contributed by atoms with E-state index in [0.29, 0.717) is 0 Å². The number of carbonyl (C=O) groups is 1. The summed E-state index contributed by atoms with van der Waals surface area (Å²) >= 11 is 0. The van der Waals surface area contributed by atoms with Crippen molar-refractivity contribution in [3.05, 3.63) is 35.4 Å². The van der Waals surface area contributed by atoms with Crippen LogP contribution in [0, 0.1) is 17.5 Å². The molecule has 1 aromatic carbocycles. The molecule has 2 aromatic rings. The number of anilines is 1. The summed E-state index contributed by atoms with van der Waals surface area (Å²) in [4.78, 5) is 12.3. The molecule has 0 atom stereocenters. The Bertz CT molecular complexity index is 1030. The van der Waals surface area contributed by atoms with E-state index < -0.39 is 55.5 Å². The number of carbonyl (C=O) groups excluding carboxylic acids is 1. The van der Waals surface area contributed by atoms with Gasteiger partial charge in [0.05, 0.1) is 0 Å². The molecule has 2 N–H and O–H groups in total. The number of hydrogen-bond donors (Lipinski definition) is 2. The fraction of sp³-hybridized carbons (Fsp3) is 0.312. The standard InChI is InChI=1S/C16H16B2F3N3O3S/c1-16(2,3)23-28(26,27)7-5-8(24(4)6-7)15(25)22-14-9(17)11(19)13(21)12(20)10(14)18/h5-6,23H,1-4H3,(H,22,25). The quantitative estimate of drug-likeness (QED) is 0.566. The van der Waals surface area contributed by atoms with Crippen LogP contribution >= 0.6 is 0 Å². The molecule has 1 amide bonds. The summed E-state index contributed by atoms with van der Waals surface area (Å²) in [6, 6.07) is 1.06. The summed E-state index contributed by atoms with van der Waals surface area (Å²) < 4.78 is 69.0. The van der Waals surface area contributed by atoms with E-state index in [4.69, 9.17) is 15.7 Å². The van der Waals surface area contributed by atoms with Gasteiger partial charge in [0.1, 0.15) is 26.3 Å². The molecule has 0 saturated carbocycles. The van der Waals surface area contributed by atoms with Gasteiger partial charge in [-0.25, -0.2) is 26.3 Å². The van der Waals surface area contributed by atoms with Crippen LogP contribution in [0.15, 0.2) is 17.2 Å². The molecule has 0 aliphatic heterocycles. The molecule has 0 fully saturated rings. The summed E-state index contributed by atoms with van der Waals surface area (Å²) in [6.45, 7) is 4.93. The minimum absolute atomic E-state index is 0.168. The average Bonchev–Trinajstić information content (AvgIpc) is 2.96. The number of rotatable bonds is 4. The molecule has 0 unspecified atom stereocenters. The van der Waals surface area contributed by atoms with E-state index in [-0.39, 0.29) is 10.6 Å². The third-order valence-electron chi connectivity index (χ3n) is 3.60. The zero-order valence-corrected chi connectivity index (χ0v) is 16.3. The summed E-state index contributed by atoms with van der Waals surface area (Å²) in [6.07, 6.45) is 1.18. The zero-order valence-electron chi connectivity index (χ0n) is 15.5. The van der Waals surface area contributed by atoms with Gasteiger partial charge in [0.2, 0.25) is 10.0 Å². The van der Waals surface area contributed by atoms with E-state index in [1.807, 2.05) is 0 Å². The molecule has 146 valence electrons. The maximum absolute atomic E-state index is 13.6. The Balaban J connectivity index is 2.42. The van der Waals surface area contributed by atoms with Crippen LogP contribution < -0.4 is 21.0 Å². The molecular formula is C16H16B2F3N3O3S. The van der Waals surface area contributed by atoms with Crippen molar-refractivity contribution in [2.24, 2.45) is 7.05 Å². The largest absolute Gasteiger partial charge is 0.345 e. The number of nitrogens with one attached hydrogen (secondary N) is 2. The fourth-order valence-corrected chi connectivity index (χ4v) is 3.87. The first-order chi connectivity index (χ1) is 12.7. The van der Waals surface area contributed by atoms with Crippen molar-refractivity contribution in [1.29, 1.82) is 0 Å². The smallest absolute Gasteiger partial charge is 0.272 e. The Labute approximate surface area is 163 Å². The van der Waals surface area contributed by atoms with E-state index in [9.17, 15) is 26.4 Å². The van der Waals surface area contributed by atoms with Crippen molar-refractivity contribution in [2.45, 2.75) is 31.2 Å². The molecular weight excluding hydrogens is 393 g/mol. The lowest BCUT2D eigenvalue weighted by molar-refractivity contribution is 0.101. The summed E-state index contributed by atoms with van der Waals surface area (Å²) in [5.74, 6) is -6.23. The number of halogens is 3. The highest BCUT2D eigenvalue weighted by Gasteiger charge is 2.26. The van der Waals surface area contributed by atoms with E-state index in [0.717, 1.165) is 6.07 Å². The highest BCUT2D eigenvalue weighted by Crippen LogP contribution is 2.18. The number of aromatic nitrogens is 1. The van der Waals surface area contributed by atoms with Gasteiger partial charge in [-0.2, -0.15) is 0 Å². The summed E-state index contributed by atoms with van der Waals surface area (Å²) in [7, 11) is 8.21. The van der Waals surface area contributed by atoms with E-state index >= 15 is 0 Å². The number of hydrogen-bond acceptors (Lipinski definition) is 3. The SMILES string of the molecule is [B]c1c(F)c(F)c(F)c([B])c1NC(=O)c1cc(S(=O)(=O)NC(C)(C)C)cn1C. The van der Waals surface area contributed by atoms with Gasteiger partial charge in [-0.3, -0.25) is 4.79 Å². The molecule has 6 nitrogen and oxygen atoms in total. The van der Waals surface area contributed by atoms with Crippen molar-refractivity contribution < 1.29 is 26.4 Å². The van der Waals surface area contributed by atoms with Crippen LogP contribution in [0.2, 0.25) is 0 Å². The Morgan fingerprint density at radius 1 is 1.07 bits per heavy atom. The molecule has 4 radical (unpaired) electrons. The minimum Gasteiger partial charge on any atom is -0.345 e. The van der Waals surface area contributed by atoms with Gasteiger partial charge in [-0.05, 0) is 37.8 Å². The first-order valence-electron chi connectivity index (χ1n) is 7.89. The zero-order chi connectivity index (χ0) is 21.6. The van der Waals surface area contributed by atoms with Crippen LogP contribution in [0.1, 0.15) is 31.3 Å². The van der Waals surface area contributed by atoms with Gasteiger partial charge >= 0.3 is 0 Å². The van der Waals surface area contributed by atoms with Gasteiger partial charge in [-0.1, -0.05) is 0 Å². The Hall–Kier alpha value is -2.20. The van der Waals surface area contributed by atoms with Crippen molar-refractivity contribution in [1.82, 2.24) is 9.29 Å². The van der Waals surface area contributed by atoms with Crippen molar-refractivity contribution in [3.8, 4) is 0 Å². The van der Waals surface area contributed by atoms with Crippen molar-refractivity contribution in [2.75, 3.05) is 5.32 Å².